The van der Waals surface area contributed by atoms with Crippen LogP contribution in [0.2, 0.25) is 0 Å². The maximum Gasteiger partial charge on any atom is 0.184 e. The summed E-state index contributed by atoms with van der Waals surface area (Å²) in [7, 11) is 2.96. The van der Waals surface area contributed by atoms with Gasteiger partial charge in [0.15, 0.2) is 6.29 Å². The van der Waals surface area contributed by atoms with Crippen LogP contribution >= 0.6 is 0 Å². The first-order valence-electron chi connectivity index (χ1n) is 5.74. The predicted molar refractivity (Wildman–Crippen MR) is 59.5 cm³/mol. The molecule has 0 saturated heterocycles. The van der Waals surface area contributed by atoms with Crippen LogP contribution in [-0.4, -0.2) is 31.7 Å². The third-order valence-corrected chi connectivity index (χ3v) is 3.54. The lowest BCUT2D eigenvalue weighted by atomic mass is 9.67. The Morgan fingerprint density at radius 1 is 1.44 bits per heavy atom. The van der Waals surface area contributed by atoms with E-state index in [1.165, 1.54) is 14.2 Å². The second-order valence-corrected chi connectivity index (χ2v) is 4.75. The summed E-state index contributed by atoms with van der Waals surface area (Å²) in [4.78, 5) is 0. The molecule has 0 aromatic rings. The minimum absolute atomic E-state index is 0.470. The zero-order valence-electron chi connectivity index (χ0n) is 10.3. The predicted octanol–water partition coefficient (Wildman–Crippen LogP) is 1.69. The first kappa shape index (κ1) is 13.4. The molecule has 0 bridgehead atoms. The summed E-state index contributed by atoms with van der Waals surface area (Å²) in [6.45, 7) is 2.12. The molecule has 0 heterocycles. The third-order valence-electron chi connectivity index (χ3n) is 3.54. The van der Waals surface area contributed by atoms with Gasteiger partial charge in [0.05, 0.1) is 11.5 Å². The molecule has 16 heavy (non-hydrogen) atoms. The van der Waals surface area contributed by atoms with Gasteiger partial charge in [-0.2, -0.15) is 5.26 Å². The molecule has 0 amide bonds. The largest absolute Gasteiger partial charge is 0.386 e. The van der Waals surface area contributed by atoms with E-state index in [1.54, 1.807) is 0 Å². The Kier molecular flexibility index (Phi) is 4.72. The van der Waals surface area contributed by atoms with E-state index in [0.717, 1.165) is 19.3 Å². The maximum atomic E-state index is 10.2. The molecule has 92 valence electrons. The second kappa shape index (κ2) is 5.62. The van der Waals surface area contributed by atoms with Crippen molar-refractivity contribution < 1.29 is 14.6 Å². The van der Waals surface area contributed by atoms with Crippen molar-refractivity contribution in [3.63, 3.8) is 0 Å². The average Bonchev–Trinajstić information content (AvgIpc) is 2.30. The molecule has 1 N–H and O–H groups in total. The van der Waals surface area contributed by atoms with Crippen LogP contribution in [0.5, 0.6) is 0 Å². The van der Waals surface area contributed by atoms with E-state index in [0.29, 0.717) is 12.3 Å². The van der Waals surface area contributed by atoms with Crippen molar-refractivity contribution in [1.82, 2.24) is 0 Å². The quantitative estimate of drug-likeness (QED) is 0.742. The van der Waals surface area contributed by atoms with Gasteiger partial charge in [-0.3, -0.25) is 0 Å². The van der Waals surface area contributed by atoms with Gasteiger partial charge in [0.2, 0.25) is 0 Å². The lowest BCUT2D eigenvalue weighted by Gasteiger charge is -2.39. The second-order valence-electron chi connectivity index (χ2n) is 4.75. The summed E-state index contributed by atoms with van der Waals surface area (Å²) >= 11 is 0. The van der Waals surface area contributed by atoms with Gasteiger partial charge in [0.1, 0.15) is 6.10 Å². The minimum atomic E-state index is -0.879. The number of nitriles is 1. The minimum Gasteiger partial charge on any atom is -0.386 e. The molecule has 0 aromatic carbocycles. The van der Waals surface area contributed by atoms with E-state index in [-0.39, 0.29) is 0 Å². The van der Waals surface area contributed by atoms with Crippen LogP contribution in [0, 0.1) is 22.7 Å². The fraction of sp³-hybridized carbons (Fsp3) is 0.917. The number of hydrogen-bond acceptors (Lipinski definition) is 4. The molecule has 1 saturated carbocycles. The van der Waals surface area contributed by atoms with Gasteiger partial charge in [-0.25, -0.2) is 0 Å². The third kappa shape index (κ3) is 2.54. The lowest BCUT2D eigenvalue weighted by Crippen LogP contribution is -2.46. The Bertz CT molecular complexity index is 259. The zero-order valence-corrected chi connectivity index (χ0v) is 10.3. The van der Waals surface area contributed by atoms with Crippen molar-refractivity contribution in [2.45, 2.75) is 45.0 Å². The summed E-state index contributed by atoms with van der Waals surface area (Å²) in [6.07, 6.45) is 1.94. The van der Waals surface area contributed by atoms with Crippen molar-refractivity contribution in [3.05, 3.63) is 0 Å². The van der Waals surface area contributed by atoms with Gasteiger partial charge in [-0.1, -0.05) is 19.8 Å². The molecule has 0 aliphatic heterocycles. The van der Waals surface area contributed by atoms with Gasteiger partial charge in [0.25, 0.3) is 0 Å². The monoisotopic (exact) mass is 227 g/mol. The van der Waals surface area contributed by atoms with E-state index >= 15 is 0 Å². The Hall–Kier alpha value is -0.630. The number of nitrogens with zero attached hydrogens (tertiary/aromatic N) is 1. The summed E-state index contributed by atoms with van der Waals surface area (Å²) in [5, 5.41) is 19.6. The number of methoxy groups -OCH3 is 2. The van der Waals surface area contributed by atoms with E-state index in [4.69, 9.17) is 9.47 Å². The highest BCUT2D eigenvalue weighted by molar-refractivity contribution is 5.07. The first-order chi connectivity index (χ1) is 7.59. The van der Waals surface area contributed by atoms with Crippen molar-refractivity contribution >= 4 is 0 Å². The van der Waals surface area contributed by atoms with Crippen LogP contribution in [-0.2, 0) is 9.47 Å². The highest BCUT2D eigenvalue weighted by atomic mass is 16.7. The molecular formula is C12H21NO3. The van der Waals surface area contributed by atoms with Crippen LogP contribution in [0.1, 0.15) is 32.6 Å². The highest BCUT2D eigenvalue weighted by Gasteiger charge is 2.45. The number of aliphatic hydroxyl groups is 1. The molecule has 1 fully saturated rings. The van der Waals surface area contributed by atoms with Crippen molar-refractivity contribution in [3.8, 4) is 6.07 Å². The van der Waals surface area contributed by atoms with E-state index < -0.39 is 17.8 Å². The number of ether oxygens (including phenoxy) is 2. The standard InChI is InChI=1S/C12H21NO3/c1-9-5-4-6-12(7-9,8-13)10(14)11(15-2)16-3/h9-11,14H,4-7H2,1-3H3. The molecule has 3 unspecified atom stereocenters. The Morgan fingerprint density at radius 2 is 2.06 bits per heavy atom. The molecule has 0 radical (unpaired) electrons. The molecule has 4 nitrogen and oxygen atoms in total. The fourth-order valence-corrected chi connectivity index (χ4v) is 2.64. The fourth-order valence-electron chi connectivity index (χ4n) is 2.64. The molecular weight excluding hydrogens is 206 g/mol. The molecule has 1 aliphatic carbocycles. The molecule has 1 rings (SSSR count). The molecule has 4 heteroatoms. The molecule has 3 atom stereocenters. The molecule has 0 aromatic heterocycles. The van der Waals surface area contributed by atoms with Crippen LogP contribution in [0.15, 0.2) is 0 Å². The van der Waals surface area contributed by atoms with Gasteiger partial charge in [-0.15, -0.1) is 0 Å². The summed E-state index contributed by atoms with van der Waals surface area (Å²) in [5.74, 6) is 0.470. The number of rotatable bonds is 4. The van der Waals surface area contributed by atoms with E-state index in [1.807, 2.05) is 0 Å². The van der Waals surface area contributed by atoms with Crippen LogP contribution < -0.4 is 0 Å². The summed E-state index contributed by atoms with van der Waals surface area (Å²) < 4.78 is 10.1. The van der Waals surface area contributed by atoms with Crippen molar-refractivity contribution in [1.29, 1.82) is 5.26 Å². The Balaban J connectivity index is 2.82. The van der Waals surface area contributed by atoms with Crippen LogP contribution in [0.3, 0.4) is 0 Å². The molecule has 0 spiro atoms. The first-order valence-corrected chi connectivity index (χ1v) is 5.74. The lowest BCUT2D eigenvalue weighted by molar-refractivity contribution is -0.195. The number of hydrogen-bond donors (Lipinski definition) is 1. The maximum absolute atomic E-state index is 10.2. The molecule has 1 aliphatic rings. The van der Waals surface area contributed by atoms with Crippen molar-refractivity contribution in [2.75, 3.05) is 14.2 Å². The normalized spacial score (nSPS) is 32.4. The van der Waals surface area contributed by atoms with Crippen LogP contribution in [0.4, 0.5) is 0 Å². The summed E-state index contributed by atoms with van der Waals surface area (Å²) in [6, 6.07) is 2.29. The van der Waals surface area contributed by atoms with Crippen molar-refractivity contribution in [2.24, 2.45) is 11.3 Å². The van der Waals surface area contributed by atoms with Gasteiger partial charge in [-0.05, 0) is 18.8 Å². The van der Waals surface area contributed by atoms with E-state index in [2.05, 4.69) is 13.0 Å². The highest BCUT2D eigenvalue weighted by Crippen LogP contribution is 2.42. The van der Waals surface area contributed by atoms with E-state index in [9.17, 15) is 10.4 Å². The SMILES string of the molecule is COC(OC)C(O)C1(C#N)CCCC(C)C1. The Labute approximate surface area is 97.2 Å². The zero-order chi connectivity index (χ0) is 12.2. The van der Waals surface area contributed by atoms with Gasteiger partial charge >= 0.3 is 0 Å². The topological polar surface area (TPSA) is 62.5 Å². The van der Waals surface area contributed by atoms with Gasteiger partial charge < -0.3 is 14.6 Å². The average molecular weight is 227 g/mol. The summed E-state index contributed by atoms with van der Waals surface area (Å²) in [5.41, 5.74) is -0.714. The van der Waals surface area contributed by atoms with Gasteiger partial charge in [0, 0.05) is 14.2 Å². The smallest absolute Gasteiger partial charge is 0.184 e. The van der Waals surface area contributed by atoms with Crippen LogP contribution in [0.25, 0.3) is 0 Å². The number of aliphatic hydroxyl groups excluding tert-OH is 1. The Morgan fingerprint density at radius 3 is 2.50 bits per heavy atom.